The minimum absolute atomic E-state index is 0.0230. The molecule has 4 aromatic rings. The van der Waals surface area contributed by atoms with E-state index in [0.29, 0.717) is 37.4 Å². The first-order chi connectivity index (χ1) is 22.6. The maximum atomic E-state index is 13.7. The van der Waals surface area contributed by atoms with Gasteiger partial charge in [0.2, 0.25) is 17.7 Å². The Labute approximate surface area is 278 Å². The van der Waals surface area contributed by atoms with Gasteiger partial charge in [0, 0.05) is 35.3 Å². The van der Waals surface area contributed by atoms with E-state index in [1.807, 2.05) is 43.7 Å². The number of nitrogens with zero attached hydrogens (tertiary/aromatic N) is 3. The average Bonchev–Trinajstić information content (AvgIpc) is 3.54. The molecule has 0 saturated carbocycles. The number of pyridine rings is 2. The highest BCUT2D eigenvalue weighted by Crippen LogP contribution is 2.28. The summed E-state index contributed by atoms with van der Waals surface area (Å²) in [7, 11) is 0. The van der Waals surface area contributed by atoms with Crippen LogP contribution in [0.25, 0.3) is 0 Å². The number of carboxylic acids is 1. The molecule has 1 unspecified atom stereocenters. The van der Waals surface area contributed by atoms with Crippen LogP contribution in [0.15, 0.2) is 82.8 Å². The predicted octanol–water partition coefficient (Wildman–Crippen LogP) is 6.91. The summed E-state index contributed by atoms with van der Waals surface area (Å²) in [5.41, 5.74) is -0.288. The number of ether oxygens (including phenoxy) is 2. The molecule has 10 nitrogen and oxygen atoms in total. The molecule has 47 heavy (non-hydrogen) atoms. The molecule has 14 heteroatoms. The lowest BCUT2D eigenvalue weighted by Gasteiger charge is -2.17. The normalized spacial score (nSPS) is 13.7. The van der Waals surface area contributed by atoms with Crippen LogP contribution in [0.3, 0.4) is 0 Å². The molecule has 3 heterocycles. The van der Waals surface area contributed by atoms with Crippen molar-refractivity contribution in [3.8, 4) is 23.3 Å². The average molecular weight is 683 g/mol. The number of carbonyl (C=O) groups is 3. The maximum absolute atomic E-state index is 13.7. The second-order valence-electron chi connectivity index (χ2n) is 10.0. The van der Waals surface area contributed by atoms with Crippen LogP contribution in [0.2, 0.25) is 0 Å². The highest BCUT2D eigenvalue weighted by Gasteiger charge is 2.28. The Bertz CT molecular complexity index is 1750. The lowest BCUT2D eigenvalue weighted by molar-refractivity contribution is -0.129. The highest BCUT2D eigenvalue weighted by molar-refractivity contribution is 7.98. The van der Waals surface area contributed by atoms with Crippen LogP contribution in [-0.4, -0.2) is 69.4 Å². The van der Waals surface area contributed by atoms with Gasteiger partial charge in [-0.2, -0.15) is 0 Å². The van der Waals surface area contributed by atoms with Crippen molar-refractivity contribution in [2.75, 3.05) is 25.6 Å². The second kappa shape index (κ2) is 16.7. The number of carboxylic acid groups (broad SMARTS) is 1. The SMILES string of the molecule is CCC(=O)N1CCC(NC(=O)c2cc(F)cnc2Oc2cccc(SC)c2)C1.CSc1cccc(Oc2ncc(F)cc2C(=O)O)c1. The number of benzene rings is 2. The summed E-state index contributed by atoms with van der Waals surface area (Å²) in [5.74, 6) is -2.17. The van der Waals surface area contributed by atoms with E-state index in [1.54, 1.807) is 40.9 Å². The Balaban J connectivity index is 0.000000229. The quantitative estimate of drug-likeness (QED) is 0.170. The van der Waals surface area contributed by atoms with E-state index in [2.05, 4.69) is 15.3 Å². The summed E-state index contributed by atoms with van der Waals surface area (Å²) in [6.07, 6.45) is 6.88. The van der Waals surface area contributed by atoms with Crippen LogP contribution >= 0.6 is 23.5 Å². The first-order valence-electron chi connectivity index (χ1n) is 14.4. The van der Waals surface area contributed by atoms with Gasteiger partial charge in [0.25, 0.3) is 5.91 Å². The summed E-state index contributed by atoms with van der Waals surface area (Å²) in [6, 6.07) is 16.3. The summed E-state index contributed by atoms with van der Waals surface area (Å²) >= 11 is 3.09. The molecule has 2 N–H and O–H groups in total. The van der Waals surface area contributed by atoms with Crippen LogP contribution < -0.4 is 14.8 Å². The fraction of sp³-hybridized carbons (Fsp3) is 0.242. The van der Waals surface area contributed by atoms with Gasteiger partial charge in [-0.3, -0.25) is 9.59 Å². The molecule has 1 atom stereocenters. The smallest absolute Gasteiger partial charge is 0.341 e. The third-order valence-corrected chi connectivity index (χ3v) is 8.25. The van der Waals surface area contributed by atoms with Gasteiger partial charge in [-0.15, -0.1) is 23.5 Å². The van der Waals surface area contributed by atoms with Crippen molar-refractivity contribution in [1.29, 1.82) is 0 Å². The Morgan fingerprint density at radius 1 is 0.894 bits per heavy atom. The summed E-state index contributed by atoms with van der Waals surface area (Å²) in [4.78, 5) is 46.8. The van der Waals surface area contributed by atoms with Gasteiger partial charge < -0.3 is 24.8 Å². The zero-order valence-electron chi connectivity index (χ0n) is 25.7. The minimum atomic E-state index is -1.29. The van der Waals surface area contributed by atoms with Gasteiger partial charge in [0.1, 0.15) is 34.3 Å². The molecular formula is C33H32F2N4O6S2. The van der Waals surface area contributed by atoms with Crippen LogP contribution in [0.4, 0.5) is 8.78 Å². The molecule has 246 valence electrons. The fourth-order valence-corrected chi connectivity index (χ4v) is 5.37. The number of thioether (sulfide) groups is 2. The van der Waals surface area contributed by atoms with E-state index in [1.165, 1.54) is 11.8 Å². The molecule has 1 aliphatic heterocycles. The highest BCUT2D eigenvalue weighted by atomic mass is 32.2. The Morgan fingerprint density at radius 2 is 1.43 bits per heavy atom. The summed E-state index contributed by atoms with van der Waals surface area (Å²) in [5, 5.41) is 11.8. The number of hydrogen-bond donors (Lipinski definition) is 2. The van der Waals surface area contributed by atoms with E-state index in [-0.39, 0.29) is 34.8 Å². The third-order valence-electron chi connectivity index (χ3n) is 6.80. The van der Waals surface area contributed by atoms with Crippen molar-refractivity contribution in [3.63, 3.8) is 0 Å². The fourth-order valence-electron chi connectivity index (χ4n) is 4.48. The largest absolute Gasteiger partial charge is 0.477 e. The van der Waals surface area contributed by atoms with Gasteiger partial charge in [-0.05, 0) is 67.5 Å². The first kappa shape index (κ1) is 35.2. The van der Waals surface area contributed by atoms with E-state index < -0.39 is 23.5 Å². The monoisotopic (exact) mass is 682 g/mol. The molecule has 0 spiro atoms. The Kier molecular flexibility index (Phi) is 12.5. The molecule has 2 amide bonds. The molecule has 2 aromatic heterocycles. The number of aromatic carboxylic acids is 1. The number of halogens is 2. The number of amides is 2. The number of likely N-dealkylation sites (tertiary alicyclic amines) is 1. The molecule has 1 saturated heterocycles. The Hall–Kier alpha value is -4.69. The standard InChI is InChI=1S/C20H22FN3O3S.C13H10FNO3S/c1-3-18(25)24-8-7-14(12-24)23-19(26)17-9-13(21)11-22-20(17)27-15-5-4-6-16(10-15)28-2;1-19-10-4-2-3-9(6-10)18-12-11(13(16)17)5-8(14)7-15-12/h4-6,9-11,14H,3,7-8,12H2,1-2H3,(H,23,26);2-7H,1H3,(H,16,17). The zero-order chi connectivity index (χ0) is 33.9. The lowest BCUT2D eigenvalue weighted by Crippen LogP contribution is -2.38. The number of nitrogens with one attached hydrogen (secondary N) is 1. The van der Waals surface area contributed by atoms with E-state index in [9.17, 15) is 23.2 Å². The predicted molar refractivity (Wildman–Crippen MR) is 175 cm³/mol. The maximum Gasteiger partial charge on any atom is 0.341 e. The number of rotatable bonds is 10. The van der Waals surface area contributed by atoms with Crippen molar-refractivity contribution in [1.82, 2.24) is 20.2 Å². The van der Waals surface area contributed by atoms with Crippen molar-refractivity contribution in [2.45, 2.75) is 35.6 Å². The molecule has 1 aliphatic rings. The molecule has 1 fully saturated rings. The van der Waals surface area contributed by atoms with Crippen molar-refractivity contribution in [2.24, 2.45) is 0 Å². The topological polar surface area (TPSA) is 131 Å². The van der Waals surface area contributed by atoms with E-state index in [0.717, 1.165) is 34.3 Å². The van der Waals surface area contributed by atoms with Crippen molar-refractivity contribution >= 4 is 41.3 Å². The Morgan fingerprint density at radius 3 is 1.94 bits per heavy atom. The van der Waals surface area contributed by atoms with E-state index in [4.69, 9.17) is 14.6 Å². The van der Waals surface area contributed by atoms with Gasteiger partial charge in [-0.1, -0.05) is 19.1 Å². The first-order valence-corrected chi connectivity index (χ1v) is 16.8. The number of carbonyl (C=O) groups excluding carboxylic acids is 2. The van der Waals surface area contributed by atoms with E-state index >= 15 is 0 Å². The number of aromatic nitrogens is 2. The lowest BCUT2D eigenvalue weighted by atomic mass is 10.2. The van der Waals surface area contributed by atoms with Gasteiger partial charge in [0.15, 0.2) is 0 Å². The summed E-state index contributed by atoms with van der Waals surface area (Å²) in [6.45, 7) is 2.86. The molecule has 5 rings (SSSR count). The molecule has 0 aliphatic carbocycles. The van der Waals surface area contributed by atoms with Crippen molar-refractivity contribution < 1.29 is 37.7 Å². The second-order valence-corrected chi connectivity index (χ2v) is 11.8. The molecule has 0 radical (unpaired) electrons. The number of hydrogen-bond acceptors (Lipinski definition) is 9. The molecular weight excluding hydrogens is 651 g/mol. The third kappa shape index (κ3) is 9.90. The van der Waals surface area contributed by atoms with Crippen molar-refractivity contribution in [3.05, 3.63) is 95.8 Å². The van der Waals surface area contributed by atoms with Gasteiger partial charge >= 0.3 is 5.97 Å². The minimum Gasteiger partial charge on any atom is -0.477 e. The molecule has 0 bridgehead atoms. The van der Waals surface area contributed by atoms with Crippen LogP contribution in [-0.2, 0) is 4.79 Å². The van der Waals surface area contributed by atoms with Gasteiger partial charge in [0.05, 0.1) is 12.4 Å². The van der Waals surface area contributed by atoms with Crippen LogP contribution in [0, 0.1) is 11.6 Å². The van der Waals surface area contributed by atoms with Crippen LogP contribution in [0.5, 0.6) is 23.3 Å². The zero-order valence-corrected chi connectivity index (χ0v) is 27.4. The molecule has 2 aromatic carbocycles. The van der Waals surface area contributed by atoms with Crippen LogP contribution in [0.1, 0.15) is 40.5 Å². The van der Waals surface area contributed by atoms with Gasteiger partial charge in [-0.25, -0.2) is 23.5 Å². The summed E-state index contributed by atoms with van der Waals surface area (Å²) < 4.78 is 37.9.